The molecule has 2 rings (SSSR count). The first-order valence-electron chi connectivity index (χ1n) is 8.23. The van der Waals surface area contributed by atoms with E-state index in [2.05, 4.69) is 19.1 Å². The van der Waals surface area contributed by atoms with E-state index in [1.807, 2.05) is 18.2 Å². The fourth-order valence-corrected chi connectivity index (χ4v) is 2.88. The summed E-state index contributed by atoms with van der Waals surface area (Å²) in [4.78, 5) is 0. The fourth-order valence-electron chi connectivity index (χ4n) is 2.88. The zero-order valence-electron chi connectivity index (χ0n) is 13.0. The number of hydrogen-bond donors (Lipinski definition) is 1. The zero-order valence-corrected chi connectivity index (χ0v) is 13.0. The molecule has 1 fully saturated rings. The first kappa shape index (κ1) is 16.5. The highest BCUT2D eigenvalue weighted by molar-refractivity contribution is 5.13. The molecule has 1 N–H and O–H groups in total. The van der Waals surface area contributed by atoms with Gasteiger partial charge < -0.3 is 14.6 Å². The Morgan fingerprint density at radius 1 is 1.14 bits per heavy atom. The lowest BCUT2D eigenvalue weighted by molar-refractivity contribution is -0.125. The third kappa shape index (κ3) is 6.16. The molecule has 118 valence electrons. The highest BCUT2D eigenvalue weighted by atomic mass is 16.5. The van der Waals surface area contributed by atoms with Gasteiger partial charge in [-0.25, -0.2) is 0 Å². The van der Waals surface area contributed by atoms with Crippen LogP contribution < -0.4 is 0 Å². The third-order valence-corrected chi connectivity index (χ3v) is 4.00. The Balaban J connectivity index is 1.69. The number of unbranched alkanes of at least 4 members (excludes halogenated alkanes) is 2. The molecule has 0 aromatic heterocycles. The molecule has 3 nitrogen and oxygen atoms in total. The van der Waals surface area contributed by atoms with Gasteiger partial charge in [0.15, 0.2) is 0 Å². The van der Waals surface area contributed by atoms with Crippen molar-refractivity contribution in [1.29, 1.82) is 0 Å². The monoisotopic (exact) mass is 292 g/mol. The summed E-state index contributed by atoms with van der Waals surface area (Å²) in [6.07, 6.45) is 6.17. The van der Waals surface area contributed by atoms with Gasteiger partial charge in [-0.1, -0.05) is 56.5 Å². The van der Waals surface area contributed by atoms with Crippen LogP contribution in [-0.4, -0.2) is 30.0 Å². The van der Waals surface area contributed by atoms with E-state index in [0.29, 0.717) is 19.6 Å². The Kier molecular flexibility index (Phi) is 7.20. The highest BCUT2D eigenvalue weighted by Gasteiger charge is 2.28. The first-order valence-corrected chi connectivity index (χ1v) is 8.23. The van der Waals surface area contributed by atoms with E-state index < -0.39 is 0 Å². The maximum absolute atomic E-state index is 9.99. The predicted molar refractivity (Wildman–Crippen MR) is 84.1 cm³/mol. The smallest absolute Gasteiger partial charge is 0.0837 e. The van der Waals surface area contributed by atoms with Gasteiger partial charge in [0.2, 0.25) is 0 Å². The molecule has 1 saturated heterocycles. The Hall–Kier alpha value is -0.900. The van der Waals surface area contributed by atoms with Gasteiger partial charge in [0.25, 0.3) is 0 Å². The number of hydrogen-bond acceptors (Lipinski definition) is 3. The SMILES string of the molecule is CCCCC[C@@H]1C[C@H](O)C[C@H](COCc2ccccc2)O1. The minimum Gasteiger partial charge on any atom is -0.393 e. The van der Waals surface area contributed by atoms with E-state index in [9.17, 15) is 5.11 Å². The second kappa shape index (κ2) is 9.19. The molecule has 3 heteroatoms. The van der Waals surface area contributed by atoms with Crippen molar-refractivity contribution in [3.63, 3.8) is 0 Å². The summed E-state index contributed by atoms with van der Waals surface area (Å²) < 4.78 is 11.8. The molecule has 1 aliphatic heterocycles. The summed E-state index contributed by atoms with van der Waals surface area (Å²) >= 11 is 0. The Labute approximate surface area is 128 Å². The highest BCUT2D eigenvalue weighted by Crippen LogP contribution is 2.24. The van der Waals surface area contributed by atoms with Gasteiger partial charge >= 0.3 is 0 Å². The van der Waals surface area contributed by atoms with E-state index in [0.717, 1.165) is 12.8 Å². The first-order chi connectivity index (χ1) is 10.3. The normalized spacial score (nSPS) is 25.9. The van der Waals surface area contributed by atoms with E-state index in [1.54, 1.807) is 0 Å². The molecule has 0 spiro atoms. The molecule has 0 unspecified atom stereocenters. The molecular formula is C18H28O3. The summed E-state index contributed by atoms with van der Waals surface area (Å²) in [6.45, 7) is 3.38. The summed E-state index contributed by atoms with van der Waals surface area (Å²) in [6, 6.07) is 10.2. The maximum Gasteiger partial charge on any atom is 0.0837 e. The third-order valence-electron chi connectivity index (χ3n) is 4.00. The number of aliphatic hydroxyl groups excluding tert-OH is 1. The molecule has 0 amide bonds. The topological polar surface area (TPSA) is 38.7 Å². The average molecular weight is 292 g/mol. The van der Waals surface area contributed by atoms with E-state index in [-0.39, 0.29) is 18.3 Å². The quantitative estimate of drug-likeness (QED) is 0.743. The lowest BCUT2D eigenvalue weighted by Gasteiger charge is -2.33. The van der Waals surface area contributed by atoms with Crippen molar-refractivity contribution < 1.29 is 14.6 Å². The van der Waals surface area contributed by atoms with Crippen molar-refractivity contribution in [2.45, 2.75) is 70.4 Å². The Bertz CT molecular complexity index is 379. The predicted octanol–water partition coefficient (Wildman–Crippen LogP) is 3.69. The van der Waals surface area contributed by atoms with Crippen LogP contribution in [0.4, 0.5) is 0 Å². The Morgan fingerprint density at radius 2 is 1.90 bits per heavy atom. The van der Waals surface area contributed by atoms with Crippen LogP contribution in [0.3, 0.4) is 0 Å². The van der Waals surface area contributed by atoms with Gasteiger partial charge in [0, 0.05) is 6.42 Å². The van der Waals surface area contributed by atoms with Crippen LogP contribution >= 0.6 is 0 Å². The number of ether oxygens (including phenoxy) is 2. The van der Waals surface area contributed by atoms with E-state index >= 15 is 0 Å². The second-order valence-electron chi connectivity index (χ2n) is 6.00. The molecule has 0 radical (unpaired) electrons. The van der Waals surface area contributed by atoms with Crippen molar-refractivity contribution in [2.75, 3.05) is 6.61 Å². The van der Waals surface area contributed by atoms with Crippen LogP contribution in [0.1, 0.15) is 51.0 Å². The molecule has 0 bridgehead atoms. The van der Waals surface area contributed by atoms with Gasteiger partial charge in [-0.05, 0) is 18.4 Å². The van der Waals surface area contributed by atoms with Gasteiger partial charge in [0.05, 0.1) is 31.5 Å². The van der Waals surface area contributed by atoms with Crippen LogP contribution in [-0.2, 0) is 16.1 Å². The standard InChI is InChI=1S/C18H28O3/c1-2-3-5-10-17-11-16(19)12-18(21-17)14-20-13-15-8-6-4-7-9-15/h4,6-9,16-19H,2-3,5,10-14H2,1H3/t16-,17+,18+/m0/s1. The van der Waals surface area contributed by atoms with Crippen molar-refractivity contribution in [2.24, 2.45) is 0 Å². The molecule has 1 aliphatic rings. The zero-order chi connectivity index (χ0) is 14.9. The summed E-state index contributed by atoms with van der Waals surface area (Å²) in [7, 11) is 0. The van der Waals surface area contributed by atoms with Gasteiger partial charge in [-0.3, -0.25) is 0 Å². The van der Waals surface area contributed by atoms with Crippen LogP contribution in [0.25, 0.3) is 0 Å². The van der Waals surface area contributed by atoms with Crippen LogP contribution in [0.15, 0.2) is 30.3 Å². The average Bonchev–Trinajstić information content (AvgIpc) is 2.48. The van der Waals surface area contributed by atoms with Crippen LogP contribution in [0.2, 0.25) is 0 Å². The Morgan fingerprint density at radius 3 is 2.67 bits per heavy atom. The second-order valence-corrected chi connectivity index (χ2v) is 6.00. The van der Waals surface area contributed by atoms with Crippen LogP contribution in [0, 0.1) is 0 Å². The molecule has 1 aromatic rings. The molecule has 0 aliphatic carbocycles. The van der Waals surface area contributed by atoms with Gasteiger partial charge in [0.1, 0.15) is 0 Å². The molecule has 1 aromatic carbocycles. The summed E-state index contributed by atoms with van der Waals surface area (Å²) in [5.74, 6) is 0. The minimum absolute atomic E-state index is 0.0316. The van der Waals surface area contributed by atoms with Crippen molar-refractivity contribution in [3.8, 4) is 0 Å². The fraction of sp³-hybridized carbons (Fsp3) is 0.667. The van der Waals surface area contributed by atoms with Crippen molar-refractivity contribution in [3.05, 3.63) is 35.9 Å². The van der Waals surface area contributed by atoms with Crippen molar-refractivity contribution in [1.82, 2.24) is 0 Å². The lowest BCUT2D eigenvalue weighted by atomic mass is 9.97. The van der Waals surface area contributed by atoms with E-state index in [1.165, 1.54) is 24.8 Å². The lowest BCUT2D eigenvalue weighted by Crippen LogP contribution is -2.38. The number of rotatable bonds is 8. The van der Waals surface area contributed by atoms with Gasteiger partial charge in [-0.15, -0.1) is 0 Å². The number of benzene rings is 1. The van der Waals surface area contributed by atoms with Crippen molar-refractivity contribution >= 4 is 0 Å². The summed E-state index contributed by atoms with van der Waals surface area (Å²) in [5.41, 5.74) is 1.17. The largest absolute Gasteiger partial charge is 0.393 e. The number of aliphatic hydroxyl groups is 1. The molecular weight excluding hydrogens is 264 g/mol. The molecule has 1 heterocycles. The molecule has 0 saturated carbocycles. The van der Waals surface area contributed by atoms with Gasteiger partial charge in [-0.2, -0.15) is 0 Å². The minimum atomic E-state index is -0.240. The summed E-state index contributed by atoms with van der Waals surface area (Å²) in [5, 5.41) is 9.99. The van der Waals surface area contributed by atoms with E-state index in [4.69, 9.17) is 9.47 Å². The molecule has 3 atom stereocenters. The maximum atomic E-state index is 9.99. The molecule has 21 heavy (non-hydrogen) atoms. The van der Waals surface area contributed by atoms with Crippen LogP contribution in [0.5, 0.6) is 0 Å².